The number of azo groups is 1. The van der Waals surface area contributed by atoms with Gasteiger partial charge in [-0.25, -0.2) is 0 Å². The highest BCUT2D eigenvalue weighted by Gasteiger charge is 2.14. The first-order valence-corrected chi connectivity index (χ1v) is 4.73. The zero-order chi connectivity index (χ0) is 9.45. The number of hydrogen-bond acceptors (Lipinski definition) is 3. The van der Waals surface area contributed by atoms with Crippen LogP contribution in [0.15, 0.2) is 10.2 Å². The summed E-state index contributed by atoms with van der Waals surface area (Å²) in [6.07, 6.45) is 4.07. The van der Waals surface area contributed by atoms with Crippen molar-refractivity contribution >= 4 is 0 Å². The van der Waals surface area contributed by atoms with Crippen LogP contribution < -0.4 is 0 Å². The first-order valence-electron chi connectivity index (χ1n) is 4.73. The van der Waals surface area contributed by atoms with E-state index < -0.39 is 5.72 Å². The van der Waals surface area contributed by atoms with Crippen LogP contribution in [0.2, 0.25) is 0 Å². The first kappa shape index (κ1) is 11.6. The van der Waals surface area contributed by atoms with Gasteiger partial charge in [-0.05, 0) is 19.8 Å². The molecule has 0 saturated carbocycles. The van der Waals surface area contributed by atoms with Crippen LogP contribution in [0.3, 0.4) is 0 Å². The van der Waals surface area contributed by atoms with Gasteiger partial charge in [-0.1, -0.05) is 26.7 Å². The molecule has 0 aliphatic heterocycles. The standard InChI is InChI=1S/C9H20N2O/c1-4-6-7-8-10-11-9(3,12)5-2/h12H,4-8H2,1-3H3/b11-10+. The lowest BCUT2D eigenvalue weighted by molar-refractivity contribution is 0.0571. The van der Waals surface area contributed by atoms with Gasteiger partial charge in [-0.15, -0.1) is 0 Å². The molecule has 0 aromatic carbocycles. The first-order chi connectivity index (χ1) is 5.62. The maximum atomic E-state index is 9.42. The van der Waals surface area contributed by atoms with Gasteiger partial charge in [-0.2, -0.15) is 10.2 Å². The minimum atomic E-state index is -0.952. The molecule has 0 heterocycles. The van der Waals surface area contributed by atoms with E-state index in [0.29, 0.717) is 6.42 Å². The van der Waals surface area contributed by atoms with Crippen molar-refractivity contribution < 1.29 is 5.11 Å². The fourth-order valence-corrected chi connectivity index (χ4v) is 0.706. The Labute approximate surface area is 74.9 Å². The van der Waals surface area contributed by atoms with Gasteiger partial charge >= 0.3 is 0 Å². The molecule has 3 nitrogen and oxygen atoms in total. The quantitative estimate of drug-likeness (QED) is 0.486. The van der Waals surface area contributed by atoms with Crippen molar-refractivity contribution in [1.82, 2.24) is 0 Å². The zero-order valence-corrected chi connectivity index (χ0v) is 8.38. The lowest BCUT2D eigenvalue weighted by Crippen LogP contribution is -2.18. The molecule has 0 aliphatic carbocycles. The molecular formula is C9H20N2O. The van der Waals surface area contributed by atoms with E-state index in [1.807, 2.05) is 6.92 Å². The van der Waals surface area contributed by atoms with E-state index in [-0.39, 0.29) is 0 Å². The van der Waals surface area contributed by atoms with Crippen LogP contribution >= 0.6 is 0 Å². The Kier molecular flexibility index (Phi) is 5.89. The second-order valence-electron chi connectivity index (χ2n) is 3.24. The second-order valence-corrected chi connectivity index (χ2v) is 3.24. The van der Waals surface area contributed by atoms with Crippen LogP contribution in [0.5, 0.6) is 0 Å². The number of hydrogen-bond donors (Lipinski definition) is 1. The monoisotopic (exact) mass is 172 g/mol. The van der Waals surface area contributed by atoms with Gasteiger partial charge < -0.3 is 5.11 Å². The molecule has 0 radical (unpaired) electrons. The summed E-state index contributed by atoms with van der Waals surface area (Å²) in [5, 5.41) is 17.2. The molecule has 12 heavy (non-hydrogen) atoms. The summed E-state index contributed by atoms with van der Waals surface area (Å²) in [6, 6.07) is 0. The lowest BCUT2D eigenvalue weighted by atomic mass is 10.2. The summed E-state index contributed by atoms with van der Waals surface area (Å²) < 4.78 is 0. The maximum Gasteiger partial charge on any atom is 0.172 e. The van der Waals surface area contributed by atoms with Crippen molar-refractivity contribution in [2.75, 3.05) is 6.54 Å². The lowest BCUT2D eigenvalue weighted by Gasteiger charge is -2.12. The molecule has 0 spiro atoms. The predicted octanol–water partition coefficient (Wildman–Crippen LogP) is 2.75. The maximum absolute atomic E-state index is 9.42. The number of rotatable bonds is 6. The van der Waals surface area contributed by atoms with E-state index in [1.54, 1.807) is 6.92 Å². The normalized spacial score (nSPS) is 16.7. The topological polar surface area (TPSA) is 45.0 Å². The fraction of sp³-hybridized carbons (Fsp3) is 1.00. The fourth-order valence-electron chi connectivity index (χ4n) is 0.706. The van der Waals surface area contributed by atoms with E-state index in [4.69, 9.17) is 0 Å². The summed E-state index contributed by atoms with van der Waals surface area (Å²) >= 11 is 0. The smallest absolute Gasteiger partial charge is 0.172 e. The van der Waals surface area contributed by atoms with Crippen molar-refractivity contribution in [3.63, 3.8) is 0 Å². The van der Waals surface area contributed by atoms with Gasteiger partial charge in [0.1, 0.15) is 0 Å². The summed E-state index contributed by atoms with van der Waals surface area (Å²) in [6.45, 7) is 6.46. The van der Waals surface area contributed by atoms with E-state index in [2.05, 4.69) is 17.2 Å². The Bertz CT molecular complexity index is 132. The zero-order valence-electron chi connectivity index (χ0n) is 8.38. The average Bonchev–Trinajstić information content (AvgIpc) is 2.04. The summed E-state index contributed by atoms with van der Waals surface area (Å²) in [7, 11) is 0. The molecule has 1 N–H and O–H groups in total. The van der Waals surface area contributed by atoms with Gasteiger partial charge in [-0.3, -0.25) is 0 Å². The molecule has 1 atom stereocenters. The highest BCUT2D eigenvalue weighted by Crippen LogP contribution is 2.10. The van der Waals surface area contributed by atoms with Crippen molar-refractivity contribution in [1.29, 1.82) is 0 Å². The van der Waals surface area contributed by atoms with Crippen LogP contribution in [-0.4, -0.2) is 17.4 Å². The van der Waals surface area contributed by atoms with Crippen LogP contribution in [-0.2, 0) is 0 Å². The summed E-state index contributed by atoms with van der Waals surface area (Å²) in [5.74, 6) is 0. The van der Waals surface area contributed by atoms with Gasteiger partial charge in [0.2, 0.25) is 0 Å². The molecule has 1 unspecified atom stereocenters. The molecule has 0 bridgehead atoms. The Hall–Kier alpha value is -0.440. The Morgan fingerprint density at radius 2 is 1.92 bits per heavy atom. The van der Waals surface area contributed by atoms with E-state index in [0.717, 1.165) is 13.0 Å². The summed E-state index contributed by atoms with van der Waals surface area (Å²) in [5.41, 5.74) is -0.952. The third-order valence-corrected chi connectivity index (χ3v) is 1.82. The van der Waals surface area contributed by atoms with Gasteiger partial charge in [0.25, 0.3) is 0 Å². The van der Waals surface area contributed by atoms with Crippen LogP contribution in [0, 0.1) is 0 Å². The van der Waals surface area contributed by atoms with Crippen LogP contribution in [0.1, 0.15) is 46.5 Å². The molecule has 0 aliphatic rings. The van der Waals surface area contributed by atoms with Crippen molar-refractivity contribution in [2.45, 2.75) is 52.2 Å². The van der Waals surface area contributed by atoms with E-state index >= 15 is 0 Å². The molecular weight excluding hydrogens is 152 g/mol. The highest BCUT2D eigenvalue weighted by atomic mass is 16.3. The molecule has 0 saturated heterocycles. The van der Waals surface area contributed by atoms with Gasteiger partial charge in [0, 0.05) is 0 Å². The van der Waals surface area contributed by atoms with Gasteiger partial charge in [0.05, 0.1) is 6.54 Å². The number of nitrogens with zero attached hydrogens (tertiary/aromatic N) is 2. The van der Waals surface area contributed by atoms with Crippen LogP contribution in [0.25, 0.3) is 0 Å². The van der Waals surface area contributed by atoms with Crippen molar-refractivity contribution in [2.24, 2.45) is 10.2 Å². The molecule has 0 aromatic heterocycles. The Morgan fingerprint density at radius 1 is 1.25 bits per heavy atom. The SMILES string of the molecule is CCCCC/N=N/C(C)(O)CC. The largest absolute Gasteiger partial charge is 0.368 e. The Morgan fingerprint density at radius 3 is 2.42 bits per heavy atom. The molecule has 0 fully saturated rings. The highest BCUT2D eigenvalue weighted by molar-refractivity contribution is 4.63. The minimum absolute atomic E-state index is 0.615. The summed E-state index contributed by atoms with van der Waals surface area (Å²) in [4.78, 5) is 0. The van der Waals surface area contributed by atoms with Gasteiger partial charge in [0.15, 0.2) is 5.72 Å². The minimum Gasteiger partial charge on any atom is -0.368 e. The molecule has 0 rings (SSSR count). The molecule has 3 heteroatoms. The number of aliphatic hydroxyl groups is 1. The van der Waals surface area contributed by atoms with E-state index in [9.17, 15) is 5.11 Å². The molecule has 0 aromatic rings. The third-order valence-electron chi connectivity index (χ3n) is 1.82. The van der Waals surface area contributed by atoms with Crippen LogP contribution in [0.4, 0.5) is 0 Å². The second kappa shape index (κ2) is 6.12. The van der Waals surface area contributed by atoms with E-state index in [1.165, 1.54) is 12.8 Å². The predicted molar refractivity (Wildman–Crippen MR) is 50.2 cm³/mol. The molecule has 72 valence electrons. The number of unbranched alkanes of at least 4 members (excludes halogenated alkanes) is 2. The van der Waals surface area contributed by atoms with Crippen molar-refractivity contribution in [3.05, 3.63) is 0 Å². The third kappa shape index (κ3) is 6.28. The Balaban J connectivity index is 3.47. The molecule has 0 amide bonds. The average molecular weight is 172 g/mol. The van der Waals surface area contributed by atoms with Crippen molar-refractivity contribution in [3.8, 4) is 0 Å².